The van der Waals surface area contributed by atoms with E-state index in [-0.39, 0.29) is 18.3 Å². The molecule has 0 saturated heterocycles. The maximum atomic E-state index is 14.6. The molecule has 0 amide bonds. The van der Waals surface area contributed by atoms with Gasteiger partial charge in [-0.15, -0.1) is 0 Å². The van der Waals surface area contributed by atoms with E-state index in [2.05, 4.69) is 6.92 Å². The van der Waals surface area contributed by atoms with Crippen LogP contribution < -0.4 is 4.74 Å². The molecule has 3 heteroatoms. The molecular weight excluding hydrogens is 450 g/mol. The van der Waals surface area contributed by atoms with Gasteiger partial charge in [0.25, 0.3) is 0 Å². The molecule has 0 N–H and O–H groups in total. The minimum atomic E-state index is -0.563. The average molecular weight is 501 g/mol. The third-order valence-electron chi connectivity index (χ3n) is 9.97. The van der Waals surface area contributed by atoms with Crippen LogP contribution in [0, 0.1) is 41.2 Å². The summed E-state index contributed by atoms with van der Waals surface area (Å²) in [4.78, 5) is 0. The summed E-state index contributed by atoms with van der Waals surface area (Å²) in [5.41, 5.74) is 0.818. The van der Waals surface area contributed by atoms with Crippen LogP contribution in [0.4, 0.5) is 8.78 Å². The van der Waals surface area contributed by atoms with Crippen LogP contribution in [0.25, 0.3) is 0 Å². The van der Waals surface area contributed by atoms with Gasteiger partial charge in [0.2, 0.25) is 0 Å². The number of allylic oxidation sites excluding steroid dienone is 1. The summed E-state index contributed by atoms with van der Waals surface area (Å²) in [7, 11) is 0. The van der Waals surface area contributed by atoms with Gasteiger partial charge in [0.05, 0.1) is 0 Å². The van der Waals surface area contributed by atoms with Crippen molar-refractivity contribution in [2.45, 2.75) is 122 Å². The number of rotatable bonds is 11. The van der Waals surface area contributed by atoms with Crippen molar-refractivity contribution in [3.05, 3.63) is 41.5 Å². The highest BCUT2D eigenvalue weighted by Crippen LogP contribution is 2.50. The Bertz CT molecular complexity index is 802. The molecule has 1 aromatic carbocycles. The molecular formula is C33H50F2O. The van der Waals surface area contributed by atoms with Crippen molar-refractivity contribution in [1.29, 1.82) is 0 Å². The summed E-state index contributed by atoms with van der Waals surface area (Å²) >= 11 is 0. The van der Waals surface area contributed by atoms with Gasteiger partial charge in [0, 0.05) is 0 Å². The number of hydrogen-bond donors (Lipinski definition) is 0. The molecule has 0 heterocycles. The molecule has 4 atom stereocenters. The predicted octanol–water partition coefficient (Wildman–Crippen LogP) is 10.4. The molecule has 3 aliphatic rings. The van der Waals surface area contributed by atoms with Gasteiger partial charge in [-0.3, -0.25) is 0 Å². The molecule has 202 valence electrons. The van der Waals surface area contributed by atoms with Gasteiger partial charge in [-0.25, -0.2) is 8.78 Å². The first-order valence-electron chi connectivity index (χ1n) is 15.3. The molecule has 36 heavy (non-hydrogen) atoms. The van der Waals surface area contributed by atoms with E-state index in [9.17, 15) is 8.78 Å². The van der Waals surface area contributed by atoms with Crippen LogP contribution in [0.2, 0.25) is 0 Å². The molecule has 3 aliphatic carbocycles. The summed E-state index contributed by atoms with van der Waals surface area (Å²) in [6.07, 6.45) is 25.4. The molecule has 4 rings (SSSR count). The zero-order valence-electron chi connectivity index (χ0n) is 23.0. The Balaban J connectivity index is 1.21. The monoisotopic (exact) mass is 500 g/mol. The lowest BCUT2D eigenvalue weighted by atomic mass is 9.60. The van der Waals surface area contributed by atoms with Crippen molar-refractivity contribution >= 4 is 0 Å². The van der Waals surface area contributed by atoms with Crippen LogP contribution >= 0.6 is 0 Å². The Kier molecular flexibility index (Phi) is 10.7. The number of ether oxygens (including phenoxy) is 1. The van der Waals surface area contributed by atoms with Gasteiger partial charge in [-0.1, -0.05) is 64.0 Å². The number of halogens is 2. The second-order valence-corrected chi connectivity index (χ2v) is 12.3. The van der Waals surface area contributed by atoms with Gasteiger partial charge in [0.15, 0.2) is 17.4 Å². The first-order valence-corrected chi connectivity index (χ1v) is 15.3. The maximum absolute atomic E-state index is 14.6. The van der Waals surface area contributed by atoms with Gasteiger partial charge in [-0.2, -0.15) is 0 Å². The normalized spacial score (nSPS) is 30.9. The minimum absolute atomic E-state index is 0.192. The maximum Gasteiger partial charge on any atom is 0.191 e. The fraction of sp³-hybridized carbons (Fsp3) is 0.758. The zero-order chi connectivity index (χ0) is 25.3. The van der Waals surface area contributed by atoms with Gasteiger partial charge < -0.3 is 4.74 Å². The largest absolute Gasteiger partial charge is 0.483 e. The second kappa shape index (κ2) is 14.0. The van der Waals surface area contributed by atoms with E-state index >= 15 is 0 Å². The zero-order valence-corrected chi connectivity index (χ0v) is 23.0. The van der Waals surface area contributed by atoms with Gasteiger partial charge in [-0.05, 0) is 118 Å². The van der Waals surface area contributed by atoms with E-state index in [0.717, 1.165) is 48.0 Å². The Labute approximate surface area is 219 Å². The molecule has 3 fully saturated rings. The first kappa shape index (κ1) is 27.6. The Morgan fingerprint density at radius 1 is 0.778 bits per heavy atom. The highest BCUT2D eigenvalue weighted by Gasteiger charge is 2.38. The molecule has 0 radical (unpaired) electrons. The second-order valence-electron chi connectivity index (χ2n) is 12.3. The molecule has 0 bridgehead atoms. The Morgan fingerprint density at radius 3 is 2.08 bits per heavy atom. The molecule has 0 aromatic heterocycles. The van der Waals surface area contributed by atoms with E-state index in [1.807, 2.05) is 13.0 Å². The van der Waals surface area contributed by atoms with Crippen LogP contribution in [-0.2, 0) is 0 Å². The van der Waals surface area contributed by atoms with Crippen molar-refractivity contribution < 1.29 is 13.5 Å². The van der Waals surface area contributed by atoms with Crippen LogP contribution in [0.1, 0.15) is 128 Å². The SMILES string of the molecule is C/C=C/COc1c(F)cc(C2CCC(C3CCC4CC(CCCCCCC)CCC4C3)CC2)cc1F. The average Bonchev–Trinajstić information content (AvgIpc) is 2.90. The molecule has 0 spiro atoms. The highest BCUT2D eigenvalue weighted by atomic mass is 19.1. The van der Waals surface area contributed by atoms with Crippen molar-refractivity contribution in [1.82, 2.24) is 0 Å². The predicted molar refractivity (Wildman–Crippen MR) is 146 cm³/mol. The van der Waals surface area contributed by atoms with Crippen molar-refractivity contribution in [3.63, 3.8) is 0 Å². The molecule has 3 saturated carbocycles. The Hall–Kier alpha value is -1.38. The van der Waals surface area contributed by atoms with Crippen LogP contribution in [0.5, 0.6) is 5.75 Å². The topological polar surface area (TPSA) is 9.23 Å². The summed E-state index contributed by atoms with van der Waals surface area (Å²) < 4.78 is 34.4. The Morgan fingerprint density at radius 2 is 1.39 bits per heavy atom. The van der Waals surface area contributed by atoms with E-state index in [0.29, 0.717) is 0 Å². The summed E-state index contributed by atoms with van der Waals surface area (Å²) in [5.74, 6) is 3.57. The molecule has 0 aliphatic heterocycles. The van der Waals surface area contributed by atoms with Crippen molar-refractivity contribution in [2.24, 2.45) is 29.6 Å². The lowest BCUT2D eigenvalue weighted by Gasteiger charge is -2.45. The van der Waals surface area contributed by atoms with Gasteiger partial charge in [0.1, 0.15) is 6.61 Å². The smallest absolute Gasteiger partial charge is 0.191 e. The third-order valence-corrected chi connectivity index (χ3v) is 9.97. The van der Waals surface area contributed by atoms with Gasteiger partial charge >= 0.3 is 0 Å². The highest BCUT2D eigenvalue weighted by molar-refractivity contribution is 5.33. The lowest BCUT2D eigenvalue weighted by molar-refractivity contribution is 0.0613. The quantitative estimate of drug-likeness (QED) is 0.217. The first-order chi connectivity index (χ1) is 17.6. The van der Waals surface area contributed by atoms with Crippen molar-refractivity contribution in [2.75, 3.05) is 6.61 Å². The molecule has 1 aromatic rings. The minimum Gasteiger partial charge on any atom is -0.483 e. The molecule has 1 nitrogen and oxygen atoms in total. The van der Waals surface area contributed by atoms with Crippen molar-refractivity contribution in [3.8, 4) is 5.75 Å². The van der Waals surface area contributed by atoms with Crippen LogP contribution in [-0.4, -0.2) is 6.61 Å². The summed E-state index contributed by atoms with van der Waals surface area (Å²) in [6, 6.07) is 3.04. The number of hydrogen-bond acceptors (Lipinski definition) is 1. The third kappa shape index (κ3) is 7.35. The van der Waals surface area contributed by atoms with Crippen LogP contribution in [0.3, 0.4) is 0 Å². The lowest BCUT2D eigenvalue weighted by Crippen LogP contribution is -2.34. The molecule has 4 unspecified atom stereocenters. The van der Waals surface area contributed by atoms with Crippen LogP contribution in [0.15, 0.2) is 24.3 Å². The fourth-order valence-corrected chi connectivity index (χ4v) is 7.85. The summed E-state index contributed by atoms with van der Waals surface area (Å²) in [5, 5.41) is 0. The fourth-order valence-electron chi connectivity index (χ4n) is 7.85. The summed E-state index contributed by atoms with van der Waals surface area (Å²) in [6.45, 7) is 4.36. The number of unbranched alkanes of at least 4 members (excludes halogenated alkanes) is 4. The number of benzene rings is 1. The van der Waals surface area contributed by atoms with E-state index in [4.69, 9.17) is 4.74 Å². The van der Waals surface area contributed by atoms with E-state index in [1.54, 1.807) is 6.08 Å². The van der Waals surface area contributed by atoms with E-state index < -0.39 is 11.6 Å². The standard InChI is InChI=1S/C33H50F2O/c1-3-5-7-8-9-10-24-11-12-29-21-28(18-17-27(29)20-24)25-13-15-26(16-14-25)30-22-31(34)33(32(35)23-30)36-19-6-4-2/h4,6,22-29H,3,5,7-21H2,1-2H3/b6-4+. The van der Waals surface area contributed by atoms with E-state index in [1.165, 1.54) is 102 Å². The number of fused-ring (bicyclic) bond motifs is 1.